The Morgan fingerprint density at radius 2 is 1.92 bits per heavy atom. The molecule has 0 aliphatic rings. The number of carbonyl (C=O) groups is 1. The van der Waals surface area contributed by atoms with E-state index in [0.717, 1.165) is 18.6 Å². The van der Waals surface area contributed by atoms with Gasteiger partial charge in [-0.3, -0.25) is 4.79 Å². The van der Waals surface area contributed by atoms with Crippen LogP contribution in [0.3, 0.4) is 0 Å². The van der Waals surface area contributed by atoms with Gasteiger partial charge in [-0.2, -0.15) is 11.8 Å². The fourth-order valence-corrected chi connectivity index (χ4v) is 1.94. The Bertz CT molecular complexity index is 143. The molecule has 0 heterocycles. The number of hydrogen-bond acceptors (Lipinski definition) is 2. The van der Waals surface area contributed by atoms with Gasteiger partial charge in [-0.25, -0.2) is 0 Å². The van der Waals surface area contributed by atoms with Gasteiger partial charge in [0.1, 0.15) is 5.78 Å². The number of Topliss-reactive ketones (excluding diaryl/α,β-unsaturated/α-hetero) is 1. The summed E-state index contributed by atoms with van der Waals surface area (Å²) in [4.78, 5) is 11.4. The lowest BCUT2D eigenvalue weighted by Gasteiger charge is -2.07. The Balaban J connectivity index is 3.41. The van der Waals surface area contributed by atoms with Crippen molar-refractivity contribution in [1.29, 1.82) is 0 Å². The van der Waals surface area contributed by atoms with Crippen LogP contribution in [-0.2, 0) is 4.79 Å². The van der Waals surface area contributed by atoms with Gasteiger partial charge in [0.2, 0.25) is 0 Å². The lowest BCUT2D eigenvalue weighted by molar-refractivity contribution is -0.117. The van der Waals surface area contributed by atoms with Crippen molar-refractivity contribution in [3.8, 4) is 0 Å². The maximum atomic E-state index is 11.4. The third kappa shape index (κ3) is 8.35. The van der Waals surface area contributed by atoms with Crippen LogP contribution in [0.4, 0.5) is 0 Å². The van der Waals surface area contributed by atoms with Crippen molar-refractivity contribution >= 4 is 17.5 Å². The molecule has 1 atom stereocenters. The molecule has 1 unspecified atom stereocenters. The third-order valence-electron chi connectivity index (χ3n) is 1.99. The normalized spacial score (nSPS) is 13.3. The predicted octanol–water partition coefficient (Wildman–Crippen LogP) is 3.38. The van der Waals surface area contributed by atoms with Crippen molar-refractivity contribution in [2.75, 3.05) is 11.5 Å². The highest BCUT2D eigenvalue weighted by molar-refractivity contribution is 7.99. The van der Waals surface area contributed by atoms with Crippen molar-refractivity contribution in [2.45, 2.75) is 40.5 Å². The van der Waals surface area contributed by atoms with Gasteiger partial charge in [-0.1, -0.05) is 34.1 Å². The second kappa shape index (κ2) is 7.43. The van der Waals surface area contributed by atoms with Gasteiger partial charge in [0, 0.05) is 6.42 Å². The van der Waals surface area contributed by atoms with Gasteiger partial charge in [0.25, 0.3) is 0 Å². The van der Waals surface area contributed by atoms with E-state index in [1.165, 1.54) is 0 Å². The Hall–Kier alpha value is 0.0200. The summed E-state index contributed by atoms with van der Waals surface area (Å²) in [6.45, 7) is 8.66. The maximum absolute atomic E-state index is 11.4. The number of hydrogen-bond donors (Lipinski definition) is 0. The van der Waals surface area contributed by atoms with Crippen LogP contribution < -0.4 is 0 Å². The van der Waals surface area contributed by atoms with E-state index in [0.29, 0.717) is 23.4 Å². The van der Waals surface area contributed by atoms with Gasteiger partial charge in [0.05, 0.1) is 5.75 Å². The van der Waals surface area contributed by atoms with Crippen LogP contribution in [0, 0.1) is 11.8 Å². The monoisotopic (exact) mass is 202 g/mol. The summed E-state index contributed by atoms with van der Waals surface area (Å²) in [5.41, 5.74) is 0. The van der Waals surface area contributed by atoms with Gasteiger partial charge in [0.15, 0.2) is 0 Å². The van der Waals surface area contributed by atoms with Crippen LogP contribution in [0.15, 0.2) is 0 Å². The van der Waals surface area contributed by atoms with Gasteiger partial charge in [-0.05, 0) is 17.6 Å². The molecule has 0 spiro atoms. The zero-order chi connectivity index (χ0) is 10.3. The minimum Gasteiger partial charge on any atom is -0.299 e. The molecule has 0 radical (unpaired) electrons. The highest BCUT2D eigenvalue weighted by Crippen LogP contribution is 2.12. The zero-order valence-corrected chi connectivity index (χ0v) is 10.1. The largest absolute Gasteiger partial charge is 0.299 e. The highest BCUT2D eigenvalue weighted by atomic mass is 32.2. The SMILES string of the molecule is CCC(C)CC(=O)CSCC(C)C. The first-order valence-corrected chi connectivity index (χ1v) is 6.31. The lowest BCUT2D eigenvalue weighted by atomic mass is 10.0. The third-order valence-corrected chi connectivity index (χ3v) is 3.42. The molecule has 0 N–H and O–H groups in total. The summed E-state index contributed by atoms with van der Waals surface area (Å²) in [6, 6.07) is 0. The molecule has 0 fully saturated rings. The molecule has 1 nitrogen and oxygen atoms in total. The highest BCUT2D eigenvalue weighted by Gasteiger charge is 2.07. The molecule has 0 aliphatic carbocycles. The van der Waals surface area contributed by atoms with Crippen LogP contribution in [0.5, 0.6) is 0 Å². The summed E-state index contributed by atoms with van der Waals surface area (Å²) in [5, 5.41) is 0. The Labute approximate surface area is 86.7 Å². The quantitative estimate of drug-likeness (QED) is 0.629. The summed E-state index contributed by atoms with van der Waals surface area (Å²) >= 11 is 1.77. The smallest absolute Gasteiger partial charge is 0.143 e. The molecule has 78 valence electrons. The number of thioether (sulfide) groups is 1. The van der Waals surface area contributed by atoms with E-state index in [9.17, 15) is 4.79 Å². The lowest BCUT2D eigenvalue weighted by Crippen LogP contribution is -2.08. The van der Waals surface area contributed by atoms with Crippen molar-refractivity contribution in [3.63, 3.8) is 0 Å². The van der Waals surface area contributed by atoms with Gasteiger partial charge < -0.3 is 0 Å². The summed E-state index contributed by atoms with van der Waals surface area (Å²) in [5.74, 6) is 3.49. The Morgan fingerprint density at radius 1 is 1.31 bits per heavy atom. The topological polar surface area (TPSA) is 17.1 Å². The van der Waals surface area contributed by atoms with Crippen LogP contribution in [-0.4, -0.2) is 17.3 Å². The van der Waals surface area contributed by atoms with Crippen LogP contribution in [0.1, 0.15) is 40.5 Å². The number of ketones is 1. The summed E-state index contributed by atoms with van der Waals surface area (Å²) in [7, 11) is 0. The maximum Gasteiger partial charge on any atom is 0.143 e. The molecule has 0 amide bonds. The fraction of sp³-hybridized carbons (Fsp3) is 0.909. The van der Waals surface area contributed by atoms with E-state index in [4.69, 9.17) is 0 Å². The zero-order valence-electron chi connectivity index (χ0n) is 9.30. The standard InChI is InChI=1S/C11H22OS/c1-5-10(4)6-11(12)8-13-7-9(2)3/h9-10H,5-8H2,1-4H3. The molecule has 0 saturated heterocycles. The minimum absolute atomic E-state index is 0.417. The van der Waals surface area contributed by atoms with Crippen LogP contribution in [0.2, 0.25) is 0 Å². The molecule has 2 heteroatoms. The van der Waals surface area contributed by atoms with E-state index < -0.39 is 0 Å². The van der Waals surface area contributed by atoms with Crippen molar-refractivity contribution in [1.82, 2.24) is 0 Å². The molecular weight excluding hydrogens is 180 g/mol. The first kappa shape index (κ1) is 13.0. The molecule has 0 aromatic carbocycles. The van der Waals surface area contributed by atoms with E-state index >= 15 is 0 Å². The van der Waals surface area contributed by atoms with Gasteiger partial charge in [-0.15, -0.1) is 0 Å². The molecule has 0 saturated carbocycles. The fourth-order valence-electron chi connectivity index (χ4n) is 1.00. The van der Waals surface area contributed by atoms with Crippen molar-refractivity contribution in [3.05, 3.63) is 0 Å². The molecule has 0 rings (SSSR count). The average molecular weight is 202 g/mol. The Morgan fingerprint density at radius 3 is 2.38 bits per heavy atom. The number of rotatable bonds is 7. The molecule has 0 aliphatic heterocycles. The molecule has 0 aromatic rings. The summed E-state index contributed by atoms with van der Waals surface area (Å²) in [6.07, 6.45) is 1.88. The predicted molar refractivity (Wildman–Crippen MR) is 61.2 cm³/mol. The average Bonchev–Trinajstić information content (AvgIpc) is 2.03. The van der Waals surface area contributed by atoms with E-state index in [1.54, 1.807) is 11.8 Å². The van der Waals surface area contributed by atoms with E-state index in [1.807, 2.05) is 0 Å². The van der Waals surface area contributed by atoms with Crippen LogP contribution in [0.25, 0.3) is 0 Å². The summed E-state index contributed by atoms with van der Waals surface area (Å²) < 4.78 is 0. The molecule has 0 aromatic heterocycles. The van der Waals surface area contributed by atoms with E-state index in [-0.39, 0.29) is 0 Å². The van der Waals surface area contributed by atoms with E-state index in [2.05, 4.69) is 27.7 Å². The molecule has 0 bridgehead atoms. The first-order valence-electron chi connectivity index (χ1n) is 5.15. The second-order valence-corrected chi connectivity index (χ2v) is 5.20. The second-order valence-electron chi connectivity index (χ2n) is 4.17. The minimum atomic E-state index is 0.417. The molecule has 13 heavy (non-hydrogen) atoms. The van der Waals surface area contributed by atoms with Gasteiger partial charge >= 0.3 is 0 Å². The van der Waals surface area contributed by atoms with Crippen molar-refractivity contribution < 1.29 is 4.79 Å². The first-order chi connectivity index (χ1) is 6.06. The Kier molecular flexibility index (Phi) is 7.44. The van der Waals surface area contributed by atoms with Crippen LogP contribution >= 0.6 is 11.8 Å². The molecular formula is C11H22OS. The number of carbonyl (C=O) groups excluding carboxylic acids is 1. The van der Waals surface area contributed by atoms with Crippen molar-refractivity contribution in [2.24, 2.45) is 11.8 Å².